The lowest BCUT2D eigenvalue weighted by atomic mass is 10.2. The average Bonchev–Trinajstić information content (AvgIpc) is 2.75. The third kappa shape index (κ3) is 5.93. The number of sulfonamides is 1. The molecule has 1 aromatic carbocycles. The Kier molecular flexibility index (Phi) is 7.69. The summed E-state index contributed by atoms with van der Waals surface area (Å²) in [7, 11) is -1.85. The van der Waals surface area contributed by atoms with E-state index in [9.17, 15) is 8.42 Å². The smallest absolute Gasteiger partial charge is 0.242 e. The molecule has 2 heterocycles. The second-order valence-corrected chi connectivity index (χ2v) is 9.49. The highest BCUT2D eigenvalue weighted by molar-refractivity contribution is 7.89. The van der Waals surface area contributed by atoms with E-state index in [0.29, 0.717) is 0 Å². The van der Waals surface area contributed by atoms with Crippen molar-refractivity contribution in [2.24, 2.45) is 0 Å². The highest BCUT2D eigenvalue weighted by Crippen LogP contribution is 2.19. The number of ether oxygens (including phenoxy) is 1. The molecule has 1 N–H and O–H groups in total. The number of nitrogens with zero attached hydrogens (tertiary/aromatic N) is 3. The van der Waals surface area contributed by atoms with Crippen molar-refractivity contribution in [2.75, 3.05) is 38.2 Å². The first-order valence-electron chi connectivity index (χ1n) is 10.5. The quantitative estimate of drug-likeness (QED) is 0.657. The Morgan fingerprint density at radius 1 is 1.10 bits per heavy atom. The lowest BCUT2D eigenvalue weighted by Crippen LogP contribution is -2.46. The Bertz CT molecular complexity index is 893. The minimum Gasteiger partial charge on any atom is -0.497 e. The topological polar surface area (TPSA) is 74.8 Å². The fourth-order valence-electron chi connectivity index (χ4n) is 3.67. The van der Waals surface area contributed by atoms with E-state index < -0.39 is 10.0 Å². The monoisotopic (exact) mass is 432 g/mol. The van der Waals surface area contributed by atoms with E-state index in [1.54, 1.807) is 19.2 Å². The summed E-state index contributed by atoms with van der Waals surface area (Å²) in [6.45, 7) is 8.42. The van der Waals surface area contributed by atoms with Crippen LogP contribution >= 0.6 is 0 Å². The summed E-state index contributed by atoms with van der Waals surface area (Å²) in [5, 5.41) is 0. The van der Waals surface area contributed by atoms with Gasteiger partial charge in [-0.1, -0.05) is 25.5 Å². The molecule has 3 rings (SSSR count). The van der Waals surface area contributed by atoms with E-state index in [-0.39, 0.29) is 10.9 Å². The van der Waals surface area contributed by atoms with Crippen molar-refractivity contribution in [3.8, 4) is 5.75 Å². The molecule has 1 aliphatic rings. The summed E-state index contributed by atoms with van der Waals surface area (Å²) in [6, 6.07) is 11.5. The molecule has 1 aromatic heterocycles. The van der Waals surface area contributed by atoms with Crippen molar-refractivity contribution >= 4 is 15.8 Å². The number of anilines is 1. The van der Waals surface area contributed by atoms with Gasteiger partial charge >= 0.3 is 0 Å². The molecule has 0 aliphatic carbocycles. The Balaban J connectivity index is 1.54. The fraction of sp³-hybridized carbons (Fsp3) is 0.500. The molecular weight excluding hydrogens is 400 g/mol. The van der Waals surface area contributed by atoms with Gasteiger partial charge in [0.1, 0.15) is 16.5 Å². The van der Waals surface area contributed by atoms with Crippen molar-refractivity contribution in [3.63, 3.8) is 0 Å². The van der Waals surface area contributed by atoms with E-state index >= 15 is 0 Å². The van der Waals surface area contributed by atoms with Crippen LogP contribution in [0.4, 0.5) is 5.82 Å². The molecule has 2 aromatic rings. The Hall–Kier alpha value is -2.16. The van der Waals surface area contributed by atoms with Gasteiger partial charge in [0.25, 0.3) is 0 Å². The van der Waals surface area contributed by atoms with Crippen LogP contribution in [0.3, 0.4) is 0 Å². The van der Waals surface area contributed by atoms with E-state index in [1.165, 1.54) is 11.8 Å². The standard InChI is InChI=1S/C22H32N4O3S/c1-4-5-18(2)24-30(27,28)21-10-11-22(23-16-21)26-14-12-25(13-15-26)17-19-6-8-20(29-3)9-7-19/h6-11,16,18,24H,4-5,12-15,17H2,1-3H3. The van der Waals surface area contributed by atoms with Gasteiger partial charge in [0.05, 0.1) is 7.11 Å². The van der Waals surface area contributed by atoms with Gasteiger partial charge in [-0.3, -0.25) is 4.90 Å². The van der Waals surface area contributed by atoms with Gasteiger partial charge in [0.2, 0.25) is 10.0 Å². The molecular formula is C22H32N4O3S. The van der Waals surface area contributed by atoms with Gasteiger partial charge in [0, 0.05) is 45.0 Å². The second-order valence-electron chi connectivity index (χ2n) is 7.77. The lowest BCUT2D eigenvalue weighted by Gasteiger charge is -2.35. The van der Waals surface area contributed by atoms with Crippen LogP contribution < -0.4 is 14.4 Å². The Labute approximate surface area is 180 Å². The molecule has 7 nitrogen and oxygen atoms in total. The van der Waals surface area contributed by atoms with E-state index in [0.717, 1.165) is 57.1 Å². The summed E-state index contributed by atoms with van der Waals surface area (Å²) in [5.74, 6) is 1.69. The van der Waals surface area contributed by atoms with Gasteiger partial charge in [-0.05, 0) is 43.2 Å². The number of pyridine rings is 1. The molecule has 1 atom stereocenters. The van der Waals surface area contributed by atoms with Gasteiger partial charge in [-0.25, -0.2) is 18.1 Å². The van der Waals surface area contributed by atoms with Crippen molar-refractivity contribution in [2.45, 2.75) is 44.2 Å². The zero-order chi connectivity index (χ0) is 21.6. The maximum absolute atomic E-state index is 12.5. The minimum atomic E-state index is -3.53. The van der Waals surface area contributed by atoms with Crippen LogP contribution in [0.5, 0.6) is 5.75 Å². The van der Waals surface area contributed by atoms with Crippen LogP contribution in [0.25, 0.3) is 0 Å². The molecule has 1 fully saturated rings. The molecule has 0 spiro atoms. The molecule has 0 amide bonds. The lowest BCUT2D eigenvalue weighted by molar-refractivity contribution is 0.249. The molecule has 0 bridgehead atoms. The van der Waals surface area contributed by atoms with Gasteiger partial charge in [-0.15, -0.1) is 0 Å². The first kappa shape index (κ1) is 22.5. The van der Waals surface area contributed by atoms with Gasteiger partial charge in [-0.2, -0.15) is 0 Å². The highest BCUT2D eigenvalue weighted by atomic mass is 32.2. The zero-order valence-corrected chi connectivity index (χ0v) is 18.9. The zero-order valence-electron chi connectivity index (χ0n) is 18.0. The Morgan fingerprint density at radius 3 is 2.37 bits per heavy atom. The normalized spacial score (nSPS) is 16.4. The molecule has 8 heteroatoms. The van der Waals surface area contributed by atoms with E-state index in [1.807, 2.05) is 26.0 Å². The van der Waals surface area contributed by atoms with Crippen molar-refractivity contribution in [1.29, 1.82) is 0 Å². The number of nitrogens with one attached hydrogen (secondary N) is 1. The van der Waals surface area contributed by atoms with Crippen LogP contribution in [-0.4, -0.2) is 57.6 Å². The number of benzene rings is 1. The van der Waals surface area contributed by atoms with Crippen LogP contribution in [0.1, 0.15) is 32.3 Å². The maximum atomic E-state index is 12.5. The van der Waals surface area contributed by atoms with Crippen LogP contribution in [0.15, 0.2) is 47.5 Å². The summed E-state index contributed by atoms with van der Waals surface area (Å²) in [6.07, 6.45) is 3.21. The van der Waals surface area contributed by atoms with Crippen LogP contribution in [0.2, 0.25) is 0 Å². The molecule has 0 saturated carbocycles. The molecule has 30 heavy (non-hydrogen) atoms. The van der Waals surface area contributed by atoms with Crippen molar-refractivity contribution in [3.05, 3.63) is 48.2 Å². The number of hydrogen-bond acceptors (Lipinski definition) is 6. The van der Waals surface area contributed by atoms with E-state index in [2.05, 4.69) is 31.6 Å². The summed E-state index contributed by atoms with van der Waals surface area (Å²) >= 11 is 0. The molecule has 1 aliphatic heterocycles. The molecule has 0 radical (unpaired) electrons. The maximum Gasteiger partial charge on any atom is 0.242 e. The largest absolute Gasteiger partial charge is 0.497 e. The SMILES string of the molecule is CCCC(C)NS(=O)(=O)c1ccc(N2CCN(Cc3ccc(OC)cc3)CC2)nc1. The number of aromatic nitrogens is 1. The fourth-order valence-corrected chi connectivity index (χ4v) is 4.89. The van der Waals surface area contributed by atoms with E-state index in [4.69, 9.17) is 4.74 Å². The van der Waals surface area contributed by atoms with Gasteiger partial charge < -0.3 is 9.64 Å². The molecule has 1 saturated heterocycles. The van der Waals surface area contributed by atoms with Crippen LogP contribution in [-0.2, 0) is 16.6 Å². The second kappa shape index (κ2) is 10.2. The predicted molar refractivity (Wildman–Crippen MR) is 119 cm³/mol. The number of hydrogen-bond donors (Lipinski definition) is 1. The first-order chi connectivity index (χ1) is 14.4. The average molecular weight is 433 g/mol. The first-order valence-corrected chi connectivity index (χ1v) is 12.0. The van der Waals surface area contributed by atoms with Gasteiger partial charge in [0.15, 0.2) is 0 Å². The number of rotatable bonds is 9. The molecule has 1 unspecified atom stereocenters. The number of methoxy groups -OCH3 is 1. The summed E-state index contributed by atoms with van der Waals surface area (Å²) in [5.41, 5.74) is 1.27. The molecule has 164 valence electrons. The third-order valence-corrected chi connectivity index (χ3v) is 6.95. The van der Waals surface area contributed by atoms with Crippen LogP contribution in [0, 0.1) is 0 Å². The predicted octanol–water partition coefficient (Wildman–Crippen LogP) is 2.88. The third-order valence-electron chi connectivity index (χ3n) is 5.37. The summed E-state index contributed by atoms with van der Waals surface area (Å²) in [4.78, 5) is 9.25. The number of piperazine rings is 1. The van der Waals surface area contributed by atoms with Crippen molar-refractivity contribution in [1.82, 2.24) is 14.6 Å². The highest BCUT2D eigenvalue weighted by Gasteiger charge is 2.21. The summed E-state index contributed by atoms with van der Waals surface area (Å²) < 4.78 is 32.9. The minimum absolute atomic E-state index is 0.0848. The van der Waals surface area contributed by atoms with Crippen molar-refractivity contribution < 1.29 is 13.2 Å². The Morgan fingerprint density at radius 2 is 1.80 bits per heavy atom.